The van der Waals surface area contributed by atoms with E-state index in [2.05, 4.69) is 26.8 Å². The van der Waals surface area contributed by atoms with Crippen LogP contribution in [0, 0.1) is 0 Å². The molecule has 13 nitrogen and oxygen atoms in total. The fourth-order valence-corrected chi connectivity index (χ4v) is 7.96. The predicted molar refractivity (Wildman–Crippen MR) is 160 cm³/mol. The van der Waals surface area contributed by atoms with E-state index in [0.717, 1.165) is 18.7 Å². The zero-order valence-electron chi connectivity index (χ0n) is 24.6. The minimum Gasteiger partial charge on any atom is -0.491 e. The molecule has 1 aromatic heterocycles. The van der Waals surface area contributed by atoms with Gasteiger partial charge in [-0.25, -0.2) is 26.5 Å². The average molecular weight is 640 g/mol. The van der Waals surface area contributed by atoms with Crippen LogP contribution in [0.2, 0.25) is 0 Å². The number of rotatable bonds is 12. The fourth-order valence-electron chi connectivity index (χ4n) is 5.79. The van der Waals surface area contributed by atoms with E-state index in [1.54, 1.807) is 18.2 Å². The highest BCUT2D eigenvalue weighted by Gasteiger charge is 2.45. The van der Waals surface area contributed by atoms with Crippen LogP contribution in [0.3, 0.4) is 0 Å². The molecule has 5 rings (SSSR count). The number of ether oxygens (including phenoxy) is 3. The van der Waals surface area contributed by atoms with Gasteiger partial charge in [0.05, 0.1) is 29.8 Å². The predicted octanol–water partition coefficient (Wildman–Crippen LogP) is 0.940. The molecule has 2 aromatic rings. The second-order valence-electron chi connectivity index (χ2n) is 11.2. The first-order valence-electron chi connectivity index (χ1n) is 14.6. The summed E-state index contributed by atoms with van der Waals surface area (Å²) in [5.41, 5.74) is 0.308. The molecule has 1 aromatic carbocycles. The minimum atomic E-state index is -3.72. The van der Waals surface area contributed by atoms with E-state index in [-0.39, 0.29) is 29.0 Å². The number of benzene rings is 1. The molecule has 0 amide bonds. The first kappa shape index (κ1) is 31.9. The van der Waals surface area contributed by atoms with Gasteiger partial charge in [-0.15, -0.1) is 0 Å². The third kappa shape index (κ3) is 7.24. The smallest absolute Gasteiger partial charge is 0.244 e. The van der Waals surface area contributed by atoms with Crippen LogP contribution in [0.5, 0.6) is 11.6 Å². The maximum atomic E-state index is 13.5. The molecule has 4 heterocycles. The van der Waals surface area contributed by atoms with Crippen molar-refractivity contribution in [2.24, 2.45) is 0 Å². The van der Waals surface area contributed by atoms with E-state index < -0.39 is 31.8 Å². The van der Waals surface area contributed by atoms with Crippen molar-refractivity contribution in [1.82, 2.24) is 19.3 Å². The second-order valence-corrected chi connectivity index (χ2v) is 15.0. The van der Waals surface area contributed by atoms with Gasteiger partial charge in [-0.2, -0.15) is 4.31 Å². The van der Waals surface area contributed by atoms with Crippen LogP contribution < -0.4 is 24.4 Å². The van der Waals surface area contributed by atoms with E-state index in [0.29, 0.717) is 63.7 Å². The van der Waals surface area contributed by atoms with E-state index in [1.807, 2.05) is 0 Å². The fraction of sp³-hybridized carbons (Fsp3) is 0.607. The molecule has 0 aliphatic carbocycles. The Balaban J connectivity index is 1.10. The van der Waals surface area contributed by atoms with Gasteiger partial charge in [0.2, 0.25) is 25.9 Å². The third-order valence-electron chi connectivity index (χ3n) is 8.19. The number of fused-ring (bicyclic) bond motifs is 1. The summed E-state index contributed by atoms with van der Waals surface area (Å²) in [5.74, 6) is 0.818. The number of hydrogen-bond donors (Lipinski definition) is 3. The summed E-state index contributed by atoms with van der Waals surface area (Å²) in [6, 6.07) is 7.78. The second kappa shape index (κ2) is 13.2. The van der Waals surface area contributed by atoms with Gasteiger partial charge >= 0.3 is 0 Å². The Kier molecular flexibility index (Phi) is 9.80. The molecule has 2 saturated heterocycles. The molecule has 1 spiro atoms. The third-order valence-corrected chi connectivity index (χ3v) is 11.5. The van der Waals surface area contributed by atoms with E-state index in [9.17, 15) is 21.9 Å². The number of nitrogens with zero attached hydrogens (tertiary/aromatic N) is 3. The van der Waals surface area contributed by atoms with Gasteiger partial charge in [0.15, 0.2) is 0 Å². The largest absolute Gasteiger partial charge is 0.491 e. The summed E-state index contributed by atoms with van der Waals surface area (Å²) >= 11 is 0. The molecule has 0 radical (unpaired) electrons. The van der Waals surface area contributed by atoms with Crippen LogP contribution >= 0.6 is 0 Å². The van der Waals surface area contributed by atoms with Crippen molar-refractivity contribution in [2.75, 3.05) is 64.5 Å². The van der Waals surface area contributed by atoms with Gasteiger partial charge in [0.1, 0.15) is 35.7 Å². The number of nitrogens with one attached hydrogen (secondary N) is 2. The summed E-state index contributed by atoms with van der Waals surface area (Å²) in [6.45, 7) is 5.53. The summed E-state index contributed by atoms with van der Waals surface area (Å²) in [5, 5.41) is 13.8. The van der Waals surface area contributed by atoms with Crippen LogP contribution in [0.1, 0.15) is 32.6 Å². The van der Waals surface area contributed by atoms with Gasteiger partial charge in [-0.3, -0.25) is 0 Å². The van der Waals surface area contributed by atoms with Crippen LogP contribution in [-0.2, 0) is 24.8 Å². The Morgan fingerprint density at radius 1 is 1.16 bits per heavy atom. The molecule has 0 bridgehead atoms. The molecule has 2 fully saturated rings. The van der Waals surface area contributed by atoms with E-state index in [4.69, 9.17) is 14.2 Å². The van der Waals surface area contributed by atoms with E-state index >= 15 is 0 Å². The molecular formula is C28H41N5O8S2. The zero-order valence-corrected chi connectivity index (χ0v) is 26.2. The van der Waals surface area contributed by atoms with Crippen molar-refractivity contribution >= 4 is 25.7 Å². The summed E-state index contributed by atoms with van der Waals surface area (Å²) in [4.78, 5) is 6.69. The number of pyridine rings is 1. The molecule has 0 saturated carbocycles. The van der Waals surface area contributed by atoms with Crippen molar-refractivity contribution in [3.05, 3.63) is 36.5 Å². The van der Waals surface area contributed by atoms with Crippen molar-refractivity contribution < 1.29 is 36.2 Å². The SMILES string of the molecule is CCCN1CCOc2ncc(S(=O)(=O)N3CCC4(CC3)C[C@@H](NC[C@H](O)COc3cccc(S(=O)(=O)NC)c3)CO4)cc21. The number of aliphatic hydroxyl groups is 1. The molecule has 15 heteroatoms. The number of aromatic nitrogens is 1. The van der Waals surface area contributed by atoms with Crippen LogP contribution in [-0.4, -0.2) is 109 Å². The maximum absolute atomic E-state index is 13.5. The Labute approximate surface area is 253 Å². The first-order chi connectivity index (χ1) is 20.5. The highest BCUT2D eigenvalue weighted by atomic mass is 32.2. The lowest BCUT2D eigenvalue weighted by atomic mass is 9.88. The van der Waals surface area contributed by atoms with Crippen LogP contribution in [0.4, 0.5) is 5.69 Å². The normalized spacial score (nSPS) is 21.4. The lowest BCUT2D eigenvalue weighted by Gasteiger charge is -2.38. The number of anilines is 1. The zero-order chi connectivity index (χ0) is 30.7. The molecule has 238 valence electrons. The lowest BCUT2D eigenvalue weighted by molar-refractivity contribution is -0.0312. The number of piperidine rings is 1. The quantitative estimate of drug-likeness (QED) is 0.303. The van der Waals surface area contributed by atoms with Crippen molar-refractivity contribution in [3.8, 4) is 11.6 Å². The molecular weight excluding hydrogens is 598 g/mol. The summed E-state index contributed by atoms with van der Waals surface area (Å²) in [7, 11) is -5.98. The van der Waals surface area contributed by atoms with Gasteiger partial charge in [0.25, 0.3) is 0 Å². The number of aliphatic hydroxyl groups excluding tert-OH is 1. The van der Waals surface area contributed by atoms with Crippen molar-refractivity contribution in [1.29, 1.82) is 0 Å². The van der Waals surface area contributed by atoms with E-state index in [1.165, 1.54) is 29.7 Å². The molecule has 2 atom stereocenters. The molecule has 0 unspecified atom stereocenters. The molecule has 3 aliphatic heterocycles. The first-order valence-corrected chi connectivity index (χ1v) is 17.6. The standard InChI is InChI=1S/C28H41N5O8S2/c1-3-9-32-12-13-39-27-26(32)15-25(18-31-27)43(37,38)33-10-7-28(8-11-33)16-21(19-41-28)30-17-22(34)20-40-23-5-4-6-24(14-23)42(35,36)29-2/h4-6,14-15,18,21-22,29-30,34H,3,7-13,16-17,19-20H2,1-2H3/t21-,22+/m1/s1. The van der Waals surface area contributed by atoms with Gasteiger partial charge in [-0.05, 0) is 50.9 Å². The highest BCUT2D eigenvalue weighted by Crippen LogP contribution is 2.38. The van der Waals surface area contributed by atoms with Crippen LogP contribution in [0.15, 0.2) is 46.3 Å². The minimum absolute atomic E-state index is 0.0105. The topological polar surface area (TPSA) is 160 Å². The van der Waals surface area contributed by atoms with Crippen molar-refractivity contribution in [3.63, 3.8) is 0 Å². The average Bonchev–Trinajstić information content (AvgIpc) is 3.41. The summed E-state index contributed by atoms with van der Waals surface area (Å²) < 4.78 is 72.3. The Morgan fingerprint density at radius 2 is 1.95 bits per heavy atom. The Morgan fingerprint density at radius 3 is 2.70 bits per heavy atom. The molecule has 3 aliphatic rings. The summed E-state index contributed by atoms with van der Waals surface area (Å²) in [6.07, 6.45) is 3.36. The molecule has 43 heavy (non-hydrogen) atoms. The molecule has 3 N–H and O–H groups in total. The van der Waals surface area contributed by atoms with Gasteiger partial charge in [0, 0.05) is 38.3 Å². The monoisotopic (exact) mass is 639 g/mol. The lowest BCUT2D eigenvalue weighted by Crippen LogP contribution is -2.47. The Bertz CT molecular complexity index is 1480. The van der Waals surface area contributed by atoms with Gasteiger partial charge in [-0.1, -0.05) is 13.0 Å². The highest BCUT2D eigenvalue weighted by molar-refractivity contribution is 7.89. The van der Waals surface area contributed by atoms with Gasteiger partial charge < -0.3 is 29.5 Å². The van der Waals surface area contributed by atoms with Crippen LogP contribution in [0.25, 0.3) is 0 Å². The van der Waals surface area contributed by atoms with Crippen molar-refractivity contribution in [2.45, 2.75) is 60.1 Å². The number of sulfonamides is 2. The number of hydrogen-bond acceptors (Lipinski definition) is 11. The Hall–Kier alpha value is -2.53. The maximum Gasteiger partial charge on any atom is 0.244 e.